The second kappa shape index (κ2) is 9.34. The van der Waals surface area contributed by atoms with Crippen LogP contribution in [0.2, 0.25) is 0 Å². The van der Waals surface area contributed by atoms with Crippen LogP contribution in [-0.2, 0) is 17.9 Å². The Hall–Kier alpha value is -2.80. The summed E-state index contributed by atoms with van der Waals surface area (Å²) >= 11 is 0. The molecule has 1 amide bonds. The number of aromatic nitrogens is 2. The Balaban J connectivity index is 1.49. The highest BCUT2D eigenvalue weighted by Crippen LogP contribution is 2.24. The van der Waals surface area contributed by atoms with E-state index < -0.39 is 0 Å². The fourth-order valence-electron chi connectivity index (χ4n) is 4.40. The van der Waals surface area contributed by atoms with Crippen molar-refractivity contribution >= 4 is 16.9 Å². The van der Waals surface area contributed by atoms with Crippen LogP contribution >= 0.6 is 0 Å². The highest BCUT2D eigenvalue weighted by Gasteiger charge is 2.25. The zero-order valence-electron chi connectivity index (χ0n) is 17.5. The van der Waals surface area contributed by atoms with E-state index in [0.29, 0.717) is 13.1 Å². The lowest BCUT2D eigenvalue weighted by atomic mass is 10.1. The second-order valence-corrected chi connectivity index (χ2v) is 7.94. The van der Waals surface area contributed by atoms with Crippen LogP contribution in [0.25, 0.3) is 11.0 Å². The number of furan rings is 1. The van der Waals surface area contributed by atoms with E-state index >= 15 is 0 Å². The quantitative estimate of drug-likeness (QED) is 0.619. The number of fused-ring (bicyclic) bond motifs is 1. The maximum atomic E-state index is 12.9. The summed E-state index contributed by atoms with van der Waals surface area (Å²) in [5.41, 5.74) is 1.54. The smallest absolute Gasteiger partial charge is 0.329 e. The molecule has 1 aliphatic heterocycles. The van der Waals surface area contributed by atoms with Gasteiger partial charge in [-0.1, -0.05) is 25.5 Å². The van der Waals surface area contributed by atoms with Gasteiger partial charge in [0.2, 0.25) is 5.91 Å². The molecule has 0 saturated carbocycles. The molecule has 0 aliphatic carbocycles. The minimum Gasteiger partial charge on any atom is -0.468 e. The standard InChI is InChI=1S/C23H30N4O3/c1-2-12-26-18-9-4-5-10-19(18)27(23(26)29)17-22(28)24-16-20(21-11-8-15-30-21)25-13-6-3-7-14-25/h4-5,8-11,15,20H,2-3,6-7,12-14,16-17H2,1H3,(H,24,28). The lowest BCUT2D eigenvalue weighted by molar-refractivity contribution is -0.122. The van der Waals surface area contributed by atoms with Crippen LogP contribution in [0.15, 0.2) is 51.9 Å². The van der Waals surface area contributed by atoms with Crippen molar-refractivity contribution in [3.05, 3.63) is 58.9 Å². The first-order valence-corrected chi connectivity index (χ1v) is 10.9. The first-order chi connectivity index (χ1) is 14.7. The van der Waals surface area contributed by atoms with Gasteiger partial charge in [0.25, 0.3) is 0 Å². The number of amides is 1. The van der Waals surface area contributed by atoms with Crippen molar-refractivity contribution in [1.82, 2.24) is 19.4 Å². The van der Waals surface area contributed by atoms with Gasteiger partial charge in [0, 0.05) is 13.1 Å². The van der Waals surface area contributed by atoms with Crippen molar-refractivity contribution in [1.29, 1.82) is 0 Å². The van der Waals surface area contributed by atoms with Gasteiger partial charge in [-0.25, -0.2) is 4.79 Å². The molecular formula is C23H30N4O3. The maximum Gasteiger partial charge on any atom is 0.329 e. The van der Waals surface area contributed by atoms with Gasteiger partial charge in [-0.15, -0.1) is 0 Å². The Morgan fingerprint density at radius 2 is 1.80 bits per heavy atom. The van der Waals surface area contributed by atoms with E-state index in [0.717, 1.165) is 49.1 Å². The van der Waals surface area contributed by atoms with Crippen LogP contribution in [0, 0.1) is 0 Å². The van der Waals surface area contributed by atoms with Gasteiger partial charge < -0.3 is 9.73 Å². The van der Waals surface area contributed by atoms with E-state index in [1.54, 1.807) is 15.4 Å². The van der Waals surface area contributed by atoms with E-state index in [-0.39, 0.29) is 24.2 Å². The molecule has 1 N–H and O–H groups in total. The molecule has 2 aromatic heterocycles. The first-order valence-electron chi connectivity index (χ1n) is 10.9. The summed E-state index contributed by atoms with van der Waals surface area (Å²) in [4.78, 5) is 28.1. The lowest BCUT2D eigenvalue weighted by Crippen LogP contribution is -2.42. The van der Waals surface area contributed by atoms with Crippen LogP contribution in [0.1, 0.15) is 44.4 Å². The molecule has 0 spiro atoms. The number of hydrogen-bond donors (Lipinski definition) is 1. The number of aryl methyl sites for hydroxylation is 1. The molecule has 1 aliphatic rings. The summed E-state index contributed by atoms with van der Waals surface area (Å²) in [6.45, 7) is 5.18. The van der Waals surface area contributed by atoms with Gasteiger partial charge in [0.15, 0.2) is 0 Å². The van der Waals surface area contributed by atoms with Crippen LogP contribution < -0.4 is 11.0 Å². The van der Waals surface area contributed by atoms with Crippen molar-refractivity contribution in [3.8, 4) is 0 Å². The minimum absolute atomic E-state index is 0.0148. The van der Waals surface area contributed by atoms with Crippen molar-refractivity contribution < 1.29 is 9.21 Å². The molecule has 1 fully saturated rings. The molecule has 0 bridgehead atoms. The maximum absolute atomic E-state index is 12.9. The number of hydrogen-bond acceptors (Lipinski definition) is 4. The number of carbonyl (C=O) groups excluding carboxylic acids is 1. The van der Waals surface area contributed by atoms with Crippen LogP contribution in [0.4, 0.5) is 0 Å². The highest BCUT2D eigenvalue weighted by atomic mass is 16.3. The van der Waals surface area contributed by atoms with E-state index in [9.17, 15) is 9.59 Å². The third-order valence-electron chi connectivity index (χ3n) is 5.87. The average Bonchev–Trinajstić information content (AvgIpc) is 3.39. The molecule has 1 atom stereocenters. The van der Waals surface area contributed by atoms with Crippen molar-refractivity contribution in [3.63, 3.8) is 0 Å². The summed E-state index contributed by atoms with van der Waals surface area (Å²) in [7, 11) is 0. The Bertz CT molecular complexity index is 1030. The molecule has 1 aromatic carbocycles. The molecule has 30 heavy (non-hydrogen) atoms. The first kappa shape index (κ1) is 20.5. The number of likely N-dealkylation sites (tertiary alicyclic amines) is 1. The Kier molecular flexibility index (Phi) is 6.38. The molecule has 1 unspecified atom stereocenters. The van der Waals surface area contributed by atoms with E-state index in [1.165, 1.54) is 6.42 Å². The van der Waals surface area contributed by atoms with Gasteiger partial charge in [-0.05, 0) is 56.6 Å². The molecule has 7 nitrogen and oxygen atoms in total. The van der Waals surface area contributed by atoms with Gasteiger partial charge >= 0.3 is 5.69 Å². The Morgan fingerprint density at radius 1 is 1.07 bits per heavy atom. The Labute approximate surface area is 176 Å². The van der Waals surface area contributed by atoms with Crippen molar-refractivity contribution in [2.24, 2.45) is 0 Å². The normalized spacial score (nSPS) is 16.0. The average molecular weight is 411 g/mol. The topological polar surface area (TPSA) is 72.4 Å². The largest absolute Gasteiger partial charge is 0.468 e. The van der Waals surface area contributed by atoms with E-state index in [1.807, 2.05) is 43.3 Å². The third kappa shape index (κ3) is 4.21. The molecule has 1 saturated heterocycles. The molecular weight excluding hydrogens is 380 g/mol. The molecule has 4 rings (SSSR count). The summed E-state index contributed by atoms with van der Waals surface area (Å²) in [6.07, 6.45) is 6.12. The molecule has 3 heterocycles. The van der Waals surface area contributed by atoms with Crippen molar-refractivity contribution in [2.45, 2.75) is 51.7 Å². The minimum atomic E-state index is -0.162. The summed E-state index contributed by atoms with van der Waals surface area (Å²) in [5.74, 6) is 0.707. The van der Waals surface area contributed by atoms with Crippen LogP contribution in [0.3, 0.4) is 0 Å². The number of rotatable bonds is 8. The predicted molar refractivity (Wildman–Crippen MR) is 116 cm³/mol. The number of carbonyl (C=O) groups is 1. The number of piperidine rings is 1. The SMILES string of the molecule is CCCn1c(=O)n(CC(=O)NCC(c2ccco2)N2CCCCC2)c2ccccc21. The number of nitrogens with one attached hydrogen (secondary N) is 1. The van der Waals surface area contributed by atoms with Crippen LogP contribution in [0.5, 0.6) is 0 Å². The molecule has 3 aromatic rings. The molecule has 160 valence electrons. The third-order valence-corrected chi connectivity index (χ3v) is 5.87. The summed E-state index contributed by atoms with van der Waals surface area (Å²) < 4.78 is 8.98. The fourth-order valence-corrected chi connectivity index (χ4v) is 4.40. The number of imidazole rings is 1. The zero-order valence-corrected chi connectivity index (χ0v) is 17.5. The predicted octanol–water partition coefficient (Wildman–Crippen LogP) is 3.15. The van der Waals surface area contributed by atoms with E-state index in [2.05, 4.69) is 10.2 Å². The molecule has 0 radical (unpaired) electrons. The van der Waals surface area contributed by atoms with Gasteiger partial charge in [0.05, 0.1) is 23.3 Å². The lowest BCUT2D eigenvalue weighted by Gasteiger charge is -2.33. The van der Waals surface area contributed by atoms with E-state index in [4.69, 9.17) is 4.42 Å². The van der Waals surface area contributed by atoms with Gasteiger partial charge in [-0.2, -0.15) is 0 Å². The van der Waals surface area contributed by atoms with Crippen molar-refractivity contribution in [2.75, 3.05) is 19.6 Å². The Morgan fingerprint density at radius 3 is 2.47 bits per heavy atom. The number of para-hydroxylation sites is 2. The second-order valence-electron chi connectivity index (χ2n) is 7.94. The number of benzene rings is 1. The van der Waals surface area contributed by atoms with Gasteiger partial charge in [-0.3, -0.25) is 18.8 Å². The molecule has 7 heteroatoms. The monoisotopic (exact) mass is 410 g/mol. The highest BCUT2D eigenvalue weighted by molar-refractivity contribution is 5.81. The summed E-state index contributed by atoms with van der Waals surface area (Å²) in [6, 6.07) is 11.5. The zero-order chi connectivity index (χ0) is 20.9. The number of nitrogens with zero attached hydrogens (tertiary/aromatic N) is 3. The fraction of sp³-hybridized carbons (Fsp3) is 0.478. The van der Waals surface area contributed by atoms with Crippen LogP contribution in [-0.4, -0.2) is 39.6 Å². The summed E-state index contributed by atoms with van der Waals surface area (Å²) in [5, 5.41) is 3.04. The van der Waals surface area contributed by atoms with Gasteiger partial charge in [0.1, 0.15) is 12.3 Å².